The third-order valence-electron chi connectivity index (χ3n) is 3.11. The van der Waals surface area contributed by atoms with Crippen molar-refractivity contribution in [1.29, 1.82) is 0 Å². The molecule has 0 aromatic heterocycles. The standard InChI is InChI=1S/C17H17Cl2O2P/c1-3-9-21-12-7-8-15(11(2)10-12)22-17(20)16-13(18)5-4-6-14(16)19/h4-8,10,22H,3,9H2,1-2H3. The van der Waals surface area contributed by atoms with E-state index in [4.69, 9.17) is 27.9 Å². The highest BCUT2D eigenvalue weighted by Crippen LogP contribution is 2.31. The lowest BCUT2D eigenvalue weighted by molar-refractivity contribution is 0.108. The Labute approximate surface area is 142 Å². The van der Waals surface area contributed by atoms with Crippen LogP contribution in [0.1, 0.15) is 29.3 Å². The van der Waals surface area contributed by atoms with Gasteiger partial charge < -0.3 is 4.74 Å². The molecule has 2 rings (SSSR count). The van der Waals surface area contributed by atoms with Gasteiger partial charge in [-0.1, -0.05) is 42.3 Å². The van der Waals surface area contributed by atoms with E-state index in [1.165, 1.54) is 0 Å². The van der Waals surface area contributed by atoms with E-state index < -0.39 is 0 Å². The van der Waals surface area contributed by atoms with Crippen LogP contribution in [0.4, 0.5) is 0 Å². The summed E-state index contributed by atoms with van der Waals surface area (Å²) in [7, 11) is -0.0173. The Morgan fingerprint density at radius 1 is 1.18 bits per heavy atom. The quantitative estimate of drug-likeness (QED) is 0.663. The van der Waals surface area contributed by atoms with E-state index >= 15 is 0 Å². The Morgan fingerprint density at radius 3 is 2.45 bits per heavy atom. The minimum absolute atomic E-state index is 0.0173. The molecular weight excluding hydrogens is 338 g/mol. The van der Waals surface area contributed by atoms with Gasteiger partial charge in [0.2, 0.25) is 0 Å². The number of halogens is 2. The van der Waals surface area contributed by atoms with Crippen LogP contribution in [0.5, 0.6) is 5.75 Å². The van der Waals surface area contributed by atoms with Gasteiger partial charge in [-0.15, -0.1) is 0 Å². The molecule has 0 aliphatic heterocycles. The van der Waals surface area contributed by atoms with E-state index in [1.54, 1.807) is 18.2 Å². The summed E-state index contributed by atoms with van der Waals surface area (Å²) in [5, 5.41) is 1.76. The van der Waals surface area contributed by atoms with E-state index in [0.29, 0.717) is 22.2 Å². The van der Waals surface area contributed by atoms with Crippen molar-refractivity contribution >= 4 is 42.6 Å². The first-order valence-electron chi connectivity index (χ1n) is 7.01. The average molecular weight is 355 g/mol. The van der Waals surface area contributed by atoms with Crippen LogP contribution in [-0.2, 0) is 0 Å². The first-order valence-corrected chi connectivity index (χ1v) is 8.77. The maximum Gasteiger partial charge on any atom is 0.188 e. The van der Waals surface area contributed by atoms with Gasteiger partial charge in [0, 0.05) is 0 Å². The minimum atomic E-state index is -0.0547. The number of benzene rings is 2. The van der Waals surface area contributed by atoms with E-state index in [0.717, 1.165) is 23.0 Å². The summed E-state index contributed by atoms with van der Waals surface area (Å²) in [6.07, 6.45) is 0.964. The lowest BCUT2D eigenvalue weighted by Crippen LogP contribution is -2.06. The number of carbonyl (C=O) groups excluding carboxylic acids is 1. The molecule has 0 bridgehead atoms. The van der Waals surface area contributed by atoms with Crippen LogP contribution in [0, 0.1) is 6.92 Å². The predicted molar refractivity (Wildman–Crippen MR) is 95.7 cm³/mol. The molecule has 1 atom stereocenters. The molecule has 0 saturated carbocycles. The zero-order chi connectivity index (χ0) is 16.1. The zero-order valence-electron chi connectivity index (χ0n) is 12.5. The lowest BCUT2D eigenvalue weighted by atomic mass is 10.2. The number of hydrogen-bond acceptors (Lipinski definition) is 2. The highest BCUT2D eigenvalue weighted by molar-refractivity contribution is 7.66. The molecule has 0 aliphatic rings. The van der Waals surface area contributed by atoms with Gasteiger partial charge >= 0.3 is 0 Å². The lowest BCUT2D eigenvalue weighted by Gasteiger charge is -2.10. The average Bonchev–Trinajstić information content (AvgIpc) is 2.47. The van der Waals surface area contributed by atoms with Crippen LogP contribution < -0.4 is 10.0 Å². The fourth-order valence-corrected chi connectivity index (χ4v) is 3.79. The number of ether oxygens (including phenoxy) is 1. The summed E-state index contributed by atoms with van der Waals surface area (Å²) in [4.78, 5) is 12.5. The molecule has 0 amide bonds. The van der Waals surface area contributed by atoms with E-state index in [9.17, 15) is 4.79 Å². The first-order chi connectivity index (χ1) is 10.5. The molecule has 2 aromatic carbocycles. The summed E-state index contributed by atoms with van der Waals surface area (Å²) >= 11 is 12.2. The van der Waals surface area contributed by atoms with Gasteiger partial charge in [-0.25, -0.2) is 0 Å². The summed E-state index contributed by atoms with van der Waals surface area (Å²) < 4.78 is 5.59. The van der Waals surface area contributed by atoms with Gasteiger partial charge in [-0.05, 0) is 57.1 Å². The Morgan fingerprint density at radius 2 is 1.86 bits per heavy atom. The van der Waals surface area contributed by atoms with Crippen molar-refractivity contribution in [1.82, 2.24) is 0 Å². The van der Waals surface area contributed by atoms with Crippen molar-refractivity contribution in [3.8, 4) is 5.75 Å². The summed E-state index contributed by atoms with van der Waals surface area (Å²) in [5.41, 5.74) is 1.37. The second-order valence-electron chi connectivity index (χ2n) is 4.88. The molecule has 0 aliphatic carbocycles. The van der Waals surface area contributed by atoms with Crippen molar-refractivity contribution in [2.45, 2.75) is 20.3 Å². The molecule has 0 saturated heterocycles. The van der Waals surface area contributed by atoms with Gasteiger partial charge in [0.25, 0.3) is 0 Å². The first kappa shape index (κ1) is 17.3. The molecule has 0 fully saturated rings. The van der Waals surface area contributed by atoms with E-state index in [-0.39, 0.29) is 14.1 Å². The monoisotopic (exact) mass is 354 g/mol. The van der Waals surface area contributed by atoms with Crippen molar-refractivity contribution in [2.75, 3.05) is 6.61 Å². The molecule has 0 radical (unpaired) electrons. The van der Waals surface area contributed by atoms with Crippen molar-refractivity contribution in [3.63, 3.8) is 0 Å². The molecule has 5 heteroatoms. The van der Waals surface area contributed by atoms with Gasteiger partial charge in [-0.2, -0.15) is 0 Å². The van der Waals surface area contributed by atoms with Crippen molar-refractivity contribution in [2.24, 2.45) is 0 Å². The number of carbonyl (C=O) groups is 1. The zero-order valence-corrected chi connectivity index (χ0v) is 15.0. The highest BCUT2D eigenvalue weighted by Gasteiger charge is 2.16. The van der Waals surface area contributed by atoms with E-state index in [1.807, 2.05) is 25.1 Å². The molecule has 0 N–H and O–H groups in total. The minimum Gasteiger partial charge on any atom is -0.494 e. The summed E-state index contributed by atoms with van der Waals surface area (Å²) in [6, 6.07) is 10.9. The maximum absolute atomic E-state index is 12.5. The number of aryl methyl sites for hydroxylation is 1. The Balaban J connectivity index is 2.18. The van der Waals surface area contributed by atoms with Crippen LogP contribution in [0.3, 0.4) is 0 Å². The Kier molecular flexibility index (Phi) is 6.26. The normalized spacial score (nSPS) is 11.1. The largest absolute Gasteiger partial charge is 0.494 e. The second kappa shape index (κ2) is 7.97. The third-order valence-corrected chi connectivity index (χ3v) is 5.05. The van der Waals surface area contributed by atoms with Crippen LogP contribution >= 0.6 is 31.8 Å². The second-order valence-corrected chi connectivity index (χ2v) is 6.93. The van der Waals surface area contributed by atoms with Gasteiger partial charge in [0.05, 0.1) is 22.2 Å². The molecule has 2 nitrogen and oxygen atoms in total. The molecule has 0 heterocycles. The summed E-state index contributed by atoms with van der Waals surface area (Å²) in [6.45, 7) is 4.73. The number of rotatable bonds is 6. The van der Waals surface area contributed by atoms with Crippen LogP contribution in [-0.4, -0.2) is 12.1 Å². The Hall–Kier alpha value is -1.08. The fourth-order valence-electron chi connectivity index (χ4n) is 1.99. The molecule has 2 aromatic rings. The van der Waals surface area contributed by atoms with Crippen molar-refractivity contribution in [3.05, 3.63) is 57.6 Å². The van der Waals surface area contributed by atoms with Crippen LogP contribution in [0.25, 0.3) is 0 Å². The summed E-state index contributed by atoms with van der Waals surface area (Å²) in [5.74, 6) is 0.830. The third kappa shape index (κ3) is 4.23. The number of hydrogen-bond donors (Lipinski definition) is 0. The molecule has 0 spiro atoms. The van der Waals surface area contributed by atoms with Crippen molar-refractivity contribution < 1.29 is 9.53 Å². The SMILES string of the molecule is CCCOc1ccc(PC(=O)c2c(Cl)cccc2Cl)c(C)c1. The van der Waals surface area contributed by atoms with E-state index in [2.05, 4.69) is 6.92 Å². The van der Waals surface area contributed by atoms with Gasteiger partial charge in [0.1, 0.15) is 5.75 Å². The molecular formula is C17H17Cl2O2P. The van der Waals surface area contributed by atoms with Gasteiger partial charge in [-0.3, -0.25) is 4.79 Å². The molecule has 1 unspecified atom stereocenters. The molecule has 116 valence electrons. The fraction of sp³-hybridized carbons (Fsp3) is 0.235. The van der Waals surface area contributed by atoms with Crippen LogP contribution in [0.15, 0.2) is 36.4 Å². The maximum atomic E-state index is 12.5. The van der Waals surface area contributed by atoms with Gasteiger partial charge in [0.15, 0.2) is 5.52 Å². The smallest absolute Gasteiger partial charge is 0.188 e. The topological polar surface area (TPSA) is 26.3 Å². The Bertz CT molecular complexity index is 666. The predicted octanol–water partition coefficient (Wildman–Crippen LogP) is 5.23. The van der Waals surface area contributed by atoms with Crippen LogP contribution in [0.2, 0.25) is 10.0 Å². The molecule has 22 heavy (non-hydrogen) atoms. The highest BCUT2D eigenvalue weighted by atomic mass is 35.5.